The second-order valence-electron chi connectivity index (χ2n) is 3.93. The Balaban J connectivity index is 2.58. The van der Waals surface area contributed by atoms with Gasteiger partial charge >= 0.3 is 10.3 Å². The zero-order valence-corrected chi connectivity index (χ0v) is 11.4. The van der Waals surface area contributed by atoms with Crippen molar-refractivity contribution in [1.82, 2.24) is 4.72 Å². The molecule has 0 fully saturated rings. The summed E-state index contributed by atoms with van der Waals surface area (Å²) in [6, 6.07) is 5.66. The van der Waals surface area contributed by atoms with E-state index < -0.39 is 16.2 Å². The van der Waals surface area contributed by atoms with Crippen LogP contribution in [0, 0.1) is 0 Å². The lowest BCUT2D eigenvalue weighted by Gasteiger charge is -2.07. The predicted octanol–water partition coefficient (Wildman–Crippen LogP) is 1.57. The minimum absolute atomic E-state index is 0.0250. The van der Waals surface area contributed by atoms with Gasteiger partial charge in [0.05, 0.1) is 12.2 Å². The number of hydrogen-bond donors (Lipinski definition) is 2. The first-order valence-electron chi connectivity index (χ1n) is 5.95. The summed E-state index contributed by atoms with van der Waals surface area (Å²) >= 11 is 0. The number of hydrogen-bond acceptors (Lipinski definition) is 5. The lowest BCUT2D eigenvalue weighted by atomic mass is 10.2. The summed E-state index contributed by atoms with van der Waals surface area (Å²) in [6.45, 7) is 2.01. The minimum Gasteiger partial charge on any atom is -0.507 e. The monoisotopic (exact) mass is 287 g/mol. The van der Waals surface area contributed by atoms with Crippen LogP contribution in [0.25, 0.3) is 0 Å². The van der Waals surface area contributed by atoms with Gasteiger partial charge in [0.2, 0.25) is 0 Å². The van der Waals surface area contributed by atoms with Crippen LogP contribution in [-0.4, -0.2) is 26.0 Å². The number of aromatic hydroxyl groups is 1. The number of nitrogens with one attached hydrogen (secondary N) is 1. The summed E-state index contributed by atoms with van der Waals surface area (Å²) in [6.07, 6.45) is 2.39. The molecule has 0 aliphatic heterocycles. The molecule has 19 heavy (non-hydrogen) atoms. The maximum atomic E-state index is 11.6. The van der Waals surface area contributed by atoms with Crippen LogP contribution in [-0.2, 0) is 14.5 Å². The Hall–Kier alpha value is -1.60. The fourth-order valence-electron chi connectivity index (χ4n) is 1.38. The van der Waals surface area contributed by atoms with Gasteiger partial charge in [-0.15, -0.1) is 0 Å². The van der Waals surface area contributed by atoms with Crippen molar-refractivity contribution in [1.29, 1.82) is 0 Å². The molecule has 7 heteroatoms. The average molecular weight is 287 g/mol. The van der Waals surface area contributed by atoms with E-state index in [-0.39, 0.29) is 17.9 Å². The van der Waals surface area contributed by atoms with Crippen LogP contribution in [0.3, 0.4) is 0 Å². The number of amides is 1. The fraction of sp³-hybridized carbons (Fsp3) is 0.417. The first-order valence-corrected chi connectivity index (χ1v) is 7.36. The van der Waals surface area contributed by atoms with Crippen molar-refractivity contribution in [3.05, 3.63) is 29.8 Å². The number of carbonyl (C=O) groups excluding carboxylic acids is 1. The van der Waals surface area contributed by atoms with Gasteiger partial charge in [-0.1, -0.05) is 31.9 Å². The number of phenols is 1. The maximum Gasteiger partial charge on any atom is 0.362 e. The van der Waals surface area contributed by atoms with Gasteiger partial charge in [-0.25, -0.2) is 4.72 Å². The van der Waals surface area contributed by atoms with Crippen LogP contribution < -0.4 is 4.72 Å². The molecular formula is C12H17NO5S. The first kappa shape index (κ1) is 15.5. The Bertz CT molecular complexity index is 527. The highest BCUT2D eigenvalue weighted by Gasteiger charge is 2.18. The molecule has 6 nitrogen and oxygen atoms in total. The van der Waals surface area contributed by atoms with E-state index in [1.807, 2.05) is 6.92 Å². The van der Waals surface area contributed by atoms with Gasteiger partial charge < -0.3 is 5.11 Å². The van der Waals surface area contributed by atoms with E-state index in [9.17, 15) is 18.3 Å². The van der Waals surface area contributed by atoms with Gasteiger partial charge in [0.15, 0.2) is 0 Å². The maximum absolute atomic E-state index is 11.6. The highest BCUT2D eigenvalue weighted by molar-refractivity contribution is 7.85. The smallest absolute Gasteiger partial charge is 0.362 e. The van der Waals surface area contributed by atoms with Gasteiger partial charge in [0, 0.05) is 0 Å². The Morgan fingerprint density at radius 3 is 2.63 bits per heavy atom. The zero-order valence-electron chi connectivity index (χ0n) is 10.6. The molecule has 0 aliphatic carbocycles. The van der Waals surface area contributed by atoms with Crippen LogP contribution >= 0.6 is 0 Å². The standard InChI is InChI=1S/C12H17NO5S/c1-2-3-6-9-18-19(16,17)13-12(15)10-7-4-5-8-11(10)14/h4-5,7-8,14H,2-3,6,9H2,1H3,(H,13,15). The van der Waals surface area contributed by atoms with Crippen molar-refractivity contribution in [3.8, 4) is 5.75 Å². The van der Waals surface area contributed by atoms with Gasteiger partial charge in [0.1, 0.15) is 5.75 Å². The molecule has 0 atom stereocenters. The SMILES string of the molecule is CCCCCOS(=O)(=O)NC(=O)c1ccccc1O. The molecule has 0 aliphatic rings. The number of carbonyl (C=O) groups is 1. The second kappa shape index (κ2) is 7.10. The van der Waals surface area contributed by atoms with E-state index in [2.05, 4.69) is 4.18 Å². The van der Waals surface area contributed by atoms with Gasteiger partial charge in [0.25, 0.3) is 5.91 Å². The van der Waals surface area contributed by atoms with Crippen molar-refractivity contribution < 1.29 is 22.5 Å². The second-order valence-corrected chi connectivity index (χ2v) is 5.28. The summed E-state index contributed by atoms with van der Waals surface area (Å²) < 4.78 is 29.3. The third kappa shape index (κ3) is 5.27. The van der Waals surface area contributed by atoms with Crippen molar-refractivity contribution in [2.45, 2.75) is 26.2 Å². The lowest BCUT2D eigenvalue weighted by Crippen LogP contribution is -2.32. The first-order chi connectivity index (χ1) is 8.96. The van der Waals surface area contributed by atoms with E-state index in [1.165, 1.54) is 24.3 Å². The van der Waals surface area contributed by atoms with E-state index in [0.717, 1.165) is 12.8 Å². The molecule has 0 saturated carbocycles. The van der Waals surface area contributed by atoms with Crippen molar-refractivity contribution in [2.75, 3.05) is 6.61 Å². The Morgan fingerprint density at radius 1 is 1.32 bits per heavy atom. The average Bonchev–Trinajstić information content (AvgIpc) is 2.34. The van der Waals surface area contributed by atoms with Crippen LogP contribution in [0.1, 0.15) is 36.5 Å². The molecular weight excluding hydrogens is 270 g/mol. The molecule has 0 bridgehead atoms. The van der Waals surface area contributed by atoms with Crippen LogP contribution in [0.4, 0.5) is 0 Å². The van der Waals surface area contributed by atoms with Gasteiger partial charge in [-0.05, 0) is 18.6 Å². The summed E-state index contributed by atoms with van der Waals surface area (Å²) in [7, 11) is -4.14. The molecule has 0 unspecified atom stereocenters. The Kier molecular flexibility index (Phi) is 5.78. The topological polar surface area (TPSA) is 92.7 Å². The largest absolute Gasteiger partial charge is 0.507 e. The number of para-hydroxylation sites is 1. The lowest BCUT2D eigenvalue weighted by molar-refractivity contribution is 0.0973. The van der Waals surface area contributed by atoms with Crippen molar-refractivity contribution in [3.63, 3.8) is 0 Å². The Labute approximate surface area is 112 Å². The fourth-order valence-corrected chi connectivity index (χ4v) is 2.12. The number of phenolic OH excluding ortho intramolecular Hbond substituents is 1. The van der Waals surface area contributed by atoms with Gasteiger partial charge in [-0.2, -0.15) is 8.42 Å². The molecule has 0 heterocycles. The molecule has 1 aromatic carbocycles. The van der Waals surface area contributed by atoms with Crippen molar-refractivity contribution >= 4 is 16.2 Å². The molecule has 0 saturated heterocycles. The number of rotatable bonds is 7. The summed E-state index contributed by atoms with van der Waals surface area (Å²) in [5, 5.41) is 9.43. The van der Waals surface area contributed by atoms with E-state index >= 15 is 0 Å². The summed E-state index contributed by atoms with van der Waals surface area (Å²) in [5.41, 5.74) is -0.122. The molecule has 0 spiro atoms. The van der Waals surface area contributed by atoms with E-state index in [4.69, 9.17) is 0 Å². The third-order valence-corrected chi connectivity index (χ3v) is 3.27. The molecule has 1 aromatic rings. The normalized spacial score (nSPS) is 11.2. The highest BCUT2D eigenvalue weighted by Crippen LogP contribution is 2.15. The molecule has 106 valence electrons. The third-order valence-electron chi connectivity index (χ3n) is 2.35. The predicted molar refractivity (Wildman–Crippen MR) is 70.0 cm³/mol. The quantitative estimate of drug-likeness (QED) is 0.743. The number of benzene rings is 1. The zero-order chi connectivity index (χ0) is 14.3. The van der Waals surface area contributed by atoms with Crippen LogP contribution in [0.15, 0.2) is 24.3 Å². The summed E-state index contributed by atoms with van der Waals surface area (Å²) in [5.74, 6) is -1.21. The number of unbranched alkanes of at least 4 members (excludes halogenated alkanes) is 2. The van der Waals surface area contributed by atoms with Crippen LogP contribution in [0.2, 0.25) is 0 Å². The highest BCUT2D eigenvalue weighted by atomic mass is 32.2. The van der Waals surface area contributed by atoms with E-state index in [0.29, 0.717) is 6.42 Å². The molecule has 2 N–H and O–H groups in total. The van der Waals surface area contributed by atoms with Crippen molar-refractivity contribution in [2.24, 2.45) is 0 Å². The molecule has 0 radical (unpaired) electrons. The molecule has 1 rings (SSSR count). The Morgan fingerprint density at radius 2 is 2.00 bits per heavy atom. The van der Waals surface area contributed by atoms with Gasteiger partial charge in [-0.3, -0.25) is 8.98 Å². The summed E-state index contributed by atoms with van der Waals surface area (Å²) in [4.78, 5) is 11.6. The van der Waals surface area contributed by atoms with E-state index in [1.54, 1.807) is 4.72 Å². The molecule has 1 amide bonds. The van der Waals surface area contributed by atoms with Crippen LogP contribution in [0.5, 0.6) is 5.75 Å². The minimum atomic E-state index is -4.14. The molecule has 0 aromatic heterocycles.